The molecule has 0 aromatic carbocycles. The topological polar surface area (TPSA) is 47.3 Å². The fraction of sp³-hybridized carbons (Fsp3) is 0.917. The molecule has 0 aromatic heterocycles. The second-order valence-corrected chi connectivity index (χ2v) is 4.75. The van der Waals surface area contributed by atoms with Crippen molar-refractivity contribution in [1.82, 2.24) is 4.90 Å². The van der Waals surface area contributed by atoms with Gasteiger partial charge in [-0.2, -0.15) is 18.4 Å². The number of hydrogen-bond acceptors (Lipinski definition) is 3. The Kier molecular flexibility index (Phi) is 5.89. The molecular weight excluding hydrogens is 245 g/mol. The summed E-state index contributed by atoms with van der Waals surface area (Å²) in [4.78, 5) is 1.22. The second kappa shape index (κ2) is 6.95. The summed E-state index contributed by atoms with van der Waals surface area (Å²) in [5.74, 6) is -0.360. The summed E-state index contributed by atoms with van der Waals surface area (Å²) in [6.07, 6.45) is -0.319. The van der Waals surface area contributed by atoms with Crippen LogP contribution >= 0.6 is 0 Å². The first kappa shape index (κ1) is 15.3. The summed E-state index contributed by atoms with van der Waals surface area (Å²) in [5, 5.41) is 18.0. The van der Waals surface area contributed by atoms with Gasteiger partial charge in [0.1, 0.15) is 0 Å². The molecule has 1 fully saturated rings. The molecule has 0 spiro atoms. The van der Waals surface area contributed by atoms with E-state index >= 15 is 0 Å². The number of aliphatic hydroxyl groups is 1. The number of alkyl halides is 3. The van der Waals surface area contributed by atoms with E-state index in [0.717, 1.165) is 19.3 Å². The molecular formula is C12H19F3N2O. The van der Waals surface area contributed by atoms with Crippen LogP contribution in [0.3, 0.4) is 0 Å². The molecule has 0 radical (unpaired) electrons. The highest BCUT2D eigenvalue weighted by atomic mass is 19.4. The van der Waals surface area contributed by atoms with E-state index < -0.39 is 12.7 Å². The van der Waals surface area contributed by atoms with Gasteiger partial charge >= 0.3 is 6.18 Å². The summed E-state index contributed by atoms with van der Waals surface area (Å²) < 4.78 is 37.5. The molecule has 18 heavy (non-hydrogen) atoms. The van der Waals surface area contributed by atoms with Gasteiger partial charge in [0.15, 0.2) is 0 Å². The van der Waals surface area contributed by atoms with Crippen molar-refractivity contribution in [2.75, 3.05) is 19.7 Å². The fourth-order valence-corrected chi connectivity index (χ4v) is 2.60. The highest BCUT2D eigenvalue weighted by Crippen LogP contribution is 2.29. The van der Waals surface area contributed by atoms with Crippen molar-refractivity contribution < 1.29 is 18.3 Å². The molecule has 3 nitrogen and oxygen atoms in total. The zero-order valence-corrected chi connectivity index (χ0v) is 10.3. The van der Waals surface area contributed by atoms with Crippen molar-refractivity contribution in [2.45, 2.75) is 44.3 Å². The van der Waals surface area contributed by atoms with E-state index in [0.29, 0.717) is 12.8 Å². The van der Waals surface area contributed by atoms with E-state index in [4.69, 9.17) is 10.4 Å². The van der Waals surface area contributed by atoms with Gasteiger partial charge in [-0.3, -0.25) is 4.90 Å². The summed E-state index contributed by atoms with van der Waals surface area (Å²) >= 11 is 0. The van der Waals surface area contributed by atoms with Gasteiger partial charge in [0, 0.05) is 12.6 Å². The Morgan fingerprint density at radius 1 is 1.22 bits per heavy atom. The lowest BCUT2D eigenvalue weighted by molar-refractivity contribution is -0.153. The quantitative estimate of drug-likeness (QED) is 0.793. The third kappa shape index (κ3) is 4.83. The molecule has 0 bridgehead atoms. The van der Waals surface area contributed by atoms with E-state index in [1.807, 2.05) is 0 Å². The Labute approximate surface area is 105 Å². The zero-order chi connectivity index (χ0) is 13.6. The lowest BCUT2D eigenvalue weighted by Crippen LogP contribution is -2.46. The van der Waals surface area contributed by atoms with Gasteiger partial charge in [0.05, 0.1) is 25.1 Å². The SMILES string of the molecule is N#CC1CCCCCC1N(CCO)CC(F)(F)F. The van der Waals surface area contributed by atoms with Crippen molar-refractivity contribution in [3.8, 4) is 6.07 Å². The van der Waals surface area contributed by atoms with Gasteiger partial charge in [-0.15, -0.1) is 0 Å². The van der Waals surface area contributed by atoms with Crippen molar-refractivity contribution >= 4 is 0 Å². The summed E-state index contributed by atoms with van der Waals surface area (Å²) in [5.41, 5.74) is 0. The molecule has 0 aliphatic heterocycles. The van der Waals surface area contributed by atoms with Crippen molar-refractivity contribution in [3.63, 3.8) is 0 Å². The molecule has 2 atom stereocenters. The van der Waals surface area contributed by atoms with Crippen LogP contribution in [0.5, 0.6) is 0 Å². The molecule has 6 heteroatoms. The lowest BCUT2D eigenvalue weighted by atomic mass is 9.94. The van der Waals surface area contributed by atoms with Crippen LogP contribution < -0.4 is 0 Å². The average molecular weight is 264 g/mol. The van der Waals surface area contributed by atoms with Crippen molar-refractivity contribution in [2.24, 2.45) is 5.92 Å². The number of nitrogens with zero attached hydrogens (tertiary/aromatic N) is 2. The molecule has 104 valence electrons. The van der Waals surface area contributed by atoms with E-state index in [2.05, 4.69) is 6.07 Å². The van der Waals surface area contributed by atoms with Crippen LogP contribution in [0.4, 0.5) is 13.2 Å². The Morgan fingerprint density at radius 2 is 1.89 bits per heavy atom. The molecule has 1 rings (SSSR count). The Hall–Kier alpha value is -0.800. The summed E-state index contributed by atoms with van der Waals surface area (Å²) in [6.45, 7) is -1.39. The van der Waals surface area contributed by atoms with Gasteiger partial charge in [-0.25, -0.2) is 0 Å². The maximum atomic E-state index is 12.5. The van der Waals surface area contributed by atoms with E-state index in [-0.39, 0.29) is 25.1 Å². The van der Waals surface area contributed by atoms with Crippen LogP contribution in [0.1, 0.15) is 32.1 Å². The third-order valence-electron chi connectivity index (χ3n) is 3.38. The highest BCUT2D eigenvalue weighted by molar-refractivity contribution is 4.95. The molecule has 0 heterocycles. The molecule has 0 aromatic rings. The molecule has 1 aliphatic carbocycles. The number of aliphatic hydroxyl groups excluding tert-OH is 1. The smallest absolute Gasteiger partial charge is 0.395 e. The lowest BCUT2D eigenvalue weighted by Gasteiger charge is -2.33. The number of nitriles is 1. The third-order valence-corrected chi connectivity index (χ3v) is 3.38. The second-order valence-electron chi connectivity index (χ2n) is 4.75. The average Bonchev–Trinajstić information content (AvgIpc) is 2.51. The fourth-order valence-electron chi connectivity index (χ4n) is 2.60. The first-order valence-electron chi connectivity index (χ1n) is 6.29. The largest absolute Gasteiger partial charge is 0.401 e. The van der Waals surface area contributed by atoms with Gasteiger partial charge in [0.25, 0.3) is 0 Å². The highest BCUT2D eigenvalue weighted by Gasteiger charge is 2.36. The Morgan fingerprint density at radius 3 is 2.44 bits per heavy atom. The molecule has 2 unspecified atom stereocenters. The van der Waals surface area contributed by atoms with Crippen LogP contribution in [-0.4, -0.2) is 41.9 Å². The van der Waals surface area contributed by atoms with Gasteiger partial charge in [-0.1, -0.05) is 19.3 Å². The molecule has 1 saturated carbocycles. The molecule has 1 N–H and O–H groups in total. The number of rotatable bonds is 4. The van der Waals surface area contributed by atoms with Crippen LogP contribution in [0.15, 0.2) is 0 Å². The summed E-state index contributed by atoms with van der Waals surface area (Å²) in [6, 6.07) is 1.74. The van der Waals surface area contributed by atoms with Gasteiger partial charge in [-0.05, 0) is 12.8 Å². The van der Waals surface area contributed by atoms with Crippen LogP contribution in [0.25, 0.3) is 0 Å². The first-order valence-corrected chi connectivity index (χ1v) is 6.29. The van der Waals surface area contributed by atoms with Gasteiger partial charge in [0.2, 0.25) is 0 Å². The minimum absolute atomic E-state index is 0.0254. The minimum Gasteiger partial charge on any atom is -0.395 e. The van der Waals surface area contributed by atoms with Crippen LogP contribution in [-0.2, 0) is 0 Å². The van der Waals surface area contributed by atoms with Crippen molar-refractivity contribution in [1.29, 1.82) is 5.26 Å². The maximum absolute atomic E-state index is 12.5. The Balaban J connectivity index is 2.77. The standard InChI is InChI=1S/C12H19F3N2O/c13-12(14,15)9-17(6-7-18)11-5-3-1-2-4-10(11)8-16/h10-11,18H,1-7,9H2. The first-order chi connectivity index (χ1) is 8.48. The number of halogens is 3. The van der Waals surface area contributed by atoms with Crippen molar-refractivity contribution in [3.05, 3.63) is 0 Å². The van der Waals surface area contributed by atoms with Crippen LogP contribution in [0, 0.1) is 17.2 Å². The van der Waals surface area contributed by atoms with E-state index in [9.17, 15) is 13.2 Å². The predicted octanol–water partition coefficient (Wildman–Crippen LogP) is 2.32. The maximum Gasteiger partial charge on any atom is 0.401 e. The van der Waals surface area contributed by atoms with Crippen LogP contribution in [0.2, 0.25) is 0 Å². The summed E-state index contributed by atoms with van der Waals surface area (Å²) in [7, 11) is 0. The monoisotopic (exact) mass is 264 g/mol. The minimum atomic E-state index is -4.29. The molecule has 0 saturated heterocycles. The number of hydrogen-bond donors (Lipinski definition) is 1. The molecule has 1 aliphatic rings. The predicted molar refractivity (Wildman–Crippen MR) is 60.7 cm³/mol. The van der Waals surface area contributed by atoms with E-state index in [1.165, 1.54) is 4.90 Å². The van der Waals surface area contributed by atoms with E-state index in [1.54, 1.807) is 0 Å². The normalized spacial score (nSPS) is 25.8. The molecule has 0 amide bonds. The van der Waals surface area contributed by atoms with Gasteiger partial charge < -0.3 is 5.11 Å². The zero-order valence-electron chi connectivity index (χ0n) is 10.3. The Bertz CT molecular complexity index is 288.